The fourth-order valence-electron chi connectivity index (χ4n) is 5.78. The quantitative estimate of drug-likeness (QED) is 0.191. The number of aromatic nitrogens is 4. The molecule has 1 fully saturated rings. The van der Waals surface area contributed by atoms with E-state index in [1.54, 1.807) is 0 Å². The van der Waals surface area contributed by atoms with E-state index in [0.717, 1.165) is 60.3 Å². The van der Waals surface area contributed by atoms with Crippen LogP contribution in [0.4, 0.5) is 0 Å². The van der Waals surface area contributed by atoms with Gasteiger partial charge in [0.05, 0.1) is 18.6 Å². The number of hydrogen-bond donors (Lipinski definition) is 4. The Labute approximate surface area is 247 Å². The van der Waals surface area contributed by atoms with Crippen LogP contribution >= 0.6 is 0 Å². The summed E-state index contributed by atoms with van der Waals surface area (Å²) in [5, 5.41) is 20.6. The van der Waals surface area contributed by atoms with E-state index in [0.29, 0.717) is 19.6 Å². The lowest BCUT2D eigenvalue weighted by Gasteiger charge is -2.26. The monoisotopic (exact) mass is 561 g/mol. The predicted molar refractivity (Wildman–Crippen MR) is 166 cm³/mol. The average Bonchev–Trinajstić information content (AvgIpc) is 3.64. The van der Waals surface area contributed by atoms with Crippen LogP contribution in [0.2, 0.25) is 0 Å². The molecule has 8 heteroatoms. The molecule has 42 heavy (non-hydrogen) atoms. The number of fused-ring (bicyclic) bond motifs is 1. The molecule has 6 rings (SSSR count). The van der Waals surface area contributed by atoms with E-state index in [4.69, 9.17) is 10.2 Å². The fourth-order valence-corrected chi connectivity index (χ4v) is 5.78. The number of nitrogens with one attached hydrogen (secondary N) is 4. The minimum atomic E-state index is -0.346. The first-order valence-corrected chi connectivity index (χ1v) is 15.0. The predicted octanol–water partition coefficient (Wildman–Crippen LogP) is 4.46. The molecule has 0 bridgehead atoms. The van der Waals surface area contributed by atoms with E-state index in [-0.39, 0.29) is 18.0 Å². The molecule has 1 aliphatic rings. The summed E-state index contributed by atoms with van der Waals surface area (Å²) >= 11 is 0. The van der Waals surface area contributed by atoms with Crippen LogP contribution in [0, 0.1) is 0 Å². The summed E-state index contributed by atoms with van der Waals surface area (Å²) in [5.41, 5.74) is 5.99. The van der Waals surface area contributed by atoms with Gasteiger partial charge < -0.3 is 20.2 Å². The highest BCUT2D eigenvalue weighted by molar-refractivity contribution is 5.84. The first kappa shape index (κ1) is 27.9. The number of aryl methyl sites for hydroxylation is 3. The van der Waals surface area contributed by atoms with Crippen LogP contribution in [0.15, 0.2) is 85.1 Å². The molecule has 5 aromatic rings. The molecule has 0 saturated carbocycles. The van der Waals surface area contributed by atoms with E-state index in [1.807, 2.05) is 18.3 Å². The maximum Gasteiger partial charge on any atom is 0.237 e. The normalized spacial score (nSPS) is 16.0. The number of amides is 1. The van der Waals surface area contributed by atoms with Gasteiger partial charge in [0.25, 0.3) is 0 Å². The second-order valence-corrected chi connectivity index (χ2v) is 11.1. The molecule has 216 valence electrons. The van der Waals surface area contributed by atoms with Crippen molar-refractivity contribution in [3.8, 4) is 0 Å². The third kappa shape index (κ3) is 6.45. The van der Waals surface area contributed by atoms with Gasteiger partial charge in [0.15, 0.2) is 5.82 Å². The van der Waals surface area contributed by atoms with Crippen LogP contribution in [-0.4, -0.2) is 44.9 Å². The minimum Gasteiger partial charge on any atom is -0.361 e. The molecular weight excluding hydrogens is 522 g/mol. The van der Waals surface area contributed by atoms with Crippen molar-refractivity contribution in [3.05, 3.63) is 119 Å². The van der Waals surface area contributed by atoms with Crippen molar-refractivity contribution in [2.45, 2.75) is 57.7 Å². The van der Waals surface area contributed by atoms with E-state index in [1.165, 1.54) is 16.7 Å². The lowest BCUT2D eigenvalue weighted by Crippen LogP contribution is -2.53. The Kier molecular flexibility index (Phi) is 8.72. The highest BCUT2D eigenvalue weighted by atomic mass is 16.2. The molecule has 3 heterocycles. The van der Waals surface area contributed by atoms with Gasteiger partial charge >= 0.3 is 0 Å². The Morgan fingerprint density at radius 3 is 2.52 bits per heavy atom. The molecule has 2 aromatic heterocycles. The first-order chi connectivity index (χ1) is 20.7. The van der Waals surface area contributed by atoms with E-state index >= 15 is 0 Å². The lowest BCUT2D eigenvalue weighted by atomic mass is 10.0. The van der Waals surface area contributed by atoms with Gasteiger partial charge in [-0.3, -0.25) is 10.1 Å². The summed E-state index contributed by atoms with van der Waals surface area (Å²) in [7, 11) is 0. The Balaban J connectivity index is 1.36. The van der Waals surface area contributed by atoms with Crippen molar-refractivity contribution in [3.63, 3.8) is 0 Å². The largest absolute Gasteiger partial charge is 0.361 e. The van der Waals surface area contributed by atoms with Crippen molar-refractivity contribution in [2.24, 2.45) is 0 Å². The summed E-state index contributed by atoms with van der Waals surface area (Å²) in [4.78, 5) is 17.0. The molecule has 0 aliphatic carbocycles. The number of carbonyl (C=O) groups excluding carboxylic acids is 1. The van der Waals surface area contributed by atoms with Gasteiger partial charge in [-0.1, -0.05) is 79.7 Å². The van der Waals surface area contributed by atoms with Crippen molar-refractivity contribution < 1.29 is 4.79 Å². The molecule has 3 aromatic carbocycles. The van der Waals surface area contributed by atoms with Crippen molar-refractivity contribution in [1.82, 2.24) is 35.7 Å². The third-order valence-corrected chi connectivity index (χ3v) is 8.23. The number of carbonyl (C=O) groups is 1. The number of para-hydroxylation sites is 1. The van der Waals surface area contributed by atoms with Gasteiger partial charge in [0, 0.05) is 36.6 Å². The van der Waals surface area contributed by atoms with E-state index < -0.39 is 0 Å². The Morgan fingerprint density at radius 2 is 1.74 bits per heavy atom. The average molecular weight is 562 g/mol. The highest BCUT2D eigenvalue weighted by Crippen LogP contribution is 2.26. The van der Waals surface area contributed by atoms with Crippen molar-refractivity contribution >= 4 is 16.8 Å². The van der Waals surface area contributed by atoms with Gasteiger partial charge in [-0.2, -0.15) is 0 Å². The number of rotatable bonds is 11. The van der Waals surface area contributed by atoms with Gasteiger partial charge in [-0.15, -0.1) is 10.2 Å². The van der Waals surface area contributed by atoms with Gasteiger partial charge in [0.1, 0.15) is 5.82 Å². The lowest BCUT2D eigenvalue weighted by molar-refractivity contribution is -0.124. The number of aromatic amines is 1. The molecule has 0 spiro atoms. The first-order valence-electron chi connectivity index (χ1n) is 15.0. The van der Waals surface area contributed by atoms with E-state index in [2.05, 4.69) is 99.2 Å². The van der Waals surface area contributed by atoms with Crippen molar-refractivity contribution in [1.29, 1.82) is 0 Å². The SMILES string of the molecule is CCc1ccc(Cn2c(CCc3ccccc3)nnc2[C@@H](Cc2c[nH]c3ccccc23)NC(=O)[C@@H]2CCNCN2)cc1. The molecule has 4 N–H and O–H groups in total. The van der Waals surface area contributed by atoms with Gasteiger partial charge in [-0.05, 0) is 54.1 Å². The summed E-state index contributed by atoms with van der Waals surface area (Å²) in [6.45, 7) is 4.25. The number of H-pyrrole nitrogens is 1. The summed E-state index contributed by atoms with van der Waals surface area (Å²) < 4.78 is 2.22. The Bertz CT molecular complexity index is 1600. The molecule has 1 saturated heterocycles. The van der Waals surface area contributed by atoms with Crippen LogP contribution in [0.3, 0.4) is 0 Å². The second-order valence-electron chi connectivity index (χ2n) is 11.1. The highest BCUT2D eigenvalue weighted by Gasteiger charge is 2.28. The number of hydrogen-bond acceptors (Lipinski definition) is 5. The van der Waals surface area contributed by atoms with Gasteiger partial charge in [0.2, 0.25) is 5.91 Å². The van der Waals surface area contributed by atoms with E-state index in [9.17, 15) is 4.79 Å². The molecular formula is C34H39N7O. The third-order valence-electron chi connectivity index (χ3n) is 8.23. The summed E-state index contributed by atoms with van der Waals surface area (Å²) in [6.07, 6.45) is 6.02. The molecule has 1 aliphatic heterocycles. The van der Waals surface area contributed by atoms with Crippen LogP contribution in [-0.2, 0) is 37.0 Å². The zero-order chi connectivity index (χ0) is 28.7. The topological polar surface area (TPSA) is 99.7 Å². The van der Waals surface area contributed by atoms with Crippen LogP contribution in [0.25, 0.3) is 10.9 Å². The van der Waals surface area contributed by atoms with Crippen LogP contribution in [0.5, 0.6) is 0 Å². The summed E-state index contributed by atoms with van der Waals surface area (Å²) in [5.74, 6) is 1.70. The minimum absolute atomic E-state index is 0.00553. The molecule has 8 nitrogen and oxygen atoms in total. The van der Waals surface area contributed by atoms with Crippen LogP contribution in [0.1, 0.15) is 53.3 Å². The second kappa shape index (κ2) is 13.1. The van der Waals surface area contributed by atoms with Gasteiger partial charge in [-0.25, -0.2) is 0 Å². The molecule has 2 atom stereocenters. The zero-order valence-corrected chi connectivity index (χ0v) is 24.1. The molecule has 1 amide bonds. The smallest absolute Gasteiger partial charge is 0.237 e. The number of nitrogens with zero attached hydrogens (tertiary/aromatic N) is 3. The Morgan fingerprint density at radius 1 is 0.952 bits per heavy atom. The fraction of sp³-hybridized carbons (Fsp3) is 0.324. The Hall–Kier alpha value is -4.27. The number of benzene rings is 3. The van der Waals surface area contributed by atoms with Crippen molar-refractivity contribution in [2.75, 3.05) is 13.2 Å². The molecule has 0 unspecified atom stereocenters. The zero-order valence-electron chi connectivity index (χ0n) is 24.1. The maximum absolute atomic E-state index is 13.6. The van der Waals surface area contributed by atoms with Crippen LogP contribution < -0.4 is 16.0 Å². The standard InChI is InChI=1S/C34H39N7O/c1-2-24-12-14-26(15-13-24)22-41-32(17-16-25-8-4-3-5-9-25)39-40-33(41)31(38-34(42)30-18-19-35-23-37-30)20-27-21-36-29-11-7-6-10-28(27)29/h3-15,21,30-31,35-37H,2,16-20,22-23H2,1H3,(H,38,42)/t30-,31+/m0/s1. The maximum atomic E-state index is 13.6. The molecule has 0 radical (unpaired) electrons. The summed E-state index contributed by atoms with van der Waals surface area (Å²) in [6, 6.07) is 26.9.